The molecule has 26 heavy (non-hydrogen) atoms. The number of methoxy groups -OCH3 is 2. The van der Waals surface area contributed by atoms with Gasteiger partial charge in [0.05, 0.1) is 26.5 Å². The molecule has 1 amide bonds. The Labute approximate surface area is 153 Å². The number of hydrogen-bond donors (Lipinski definition) is 1. The van der Waals surface area contributed by atoms with E-state index in [0.717, 1.165) is 0 Å². The molecule has 0 radical (unpaired) electrons. The molecule has 0 fully saturated rings. The summed E-state index contributed by atoms with van der Waals surface area (Å²) in [5.41, 5.74) is 1.24. The predicted octanol–water partition coefficient (Wildman–Crippen LogP) is 3.70. The Balaban J connectivity index is 1.77. The van der Waals surface area contributed by atoms with Crippen LogP contribution in [-0.4, -0.2) is 32.5 Å². The fraction of sp³-hybridized carbons (Fsp3) is 0.300. The number of amides is 1. The molecule has 2 aromatic carbocycles. The molecule has 0 unspecified atom stereocenters. The first-order valence-electron chi connectivity index (χ1n) is 8.29. The largest absolute Gasteiger partial charge is 0.497 e. The first-order chi connectivity index (χ1) is 12.5. The lowest BCUT2D eigenvalue weighted by atomic mass is 10.1. The third-order valence-corrected chi connectivity index (χ3v) is 3.76. The lowest BCUT2D eigenvalue weighted by molar-refractivity contribution is -0.116. The van der Waals surface area contributed by atoms with E-state index in [4.69, 9.17) is 14.2 Å². The summed E-state index contributed by atoms with van der Waals surface area (Å²) in [4.78, 5) is 23.3. The molecule has 138 valence electrons. The minimum Gasteiger partial charge on any atom is -0.497 e. The standard InChI is InChI=1S/C20H23NO5/c1-14(22)15-6-8-16(9-7-15)26-12-4-5-20(23)21-18-11-10-17(24-2)13-19(18)25-3/h6-11,13H,4-5,12H2,1-3H3,(H,21,23). The minimum atomic E-state index is -0.121. The third-order valence-electron chi connectivity index (χ3n) is 3.76. The van der Waals surface area contributed by atoms with Crippen molar-refractivity contribution in [2.75, 3.05) is 26.1 Å². The van der Waals surface area contributed by atoms with E-state index in [1.807, 2.05) is 0 Å². The van der Waals surface area contributed by atoms with Crippen molar-refractivity contribution in [2.45, 2.75) is 19.8 Å². The van der Waals surface area contributed by atoms with Crippen LogP contribution in [0.3, 0.4) is 0 Å². The van der Waals surface area contributed by atoms with Crippen molar-refractivity contribution in [1.29, 1.82) is 0 Å². The van der Waals surface area contributed by atoms with Crippen LogP contribution in [0.25, 0.3) is 0 Å². The Morgan fingerprint density at radius 3 is 2.27 bits per heavy atom. The first kappa shape index (κ1) is 19.3. The van der Waals surface area contributed by atoms with E-state index in [1.54, 1.807) is 49.6 Å². The highest BCUT2D eigenvalue weighted by molar-refractivity contribution is 5.94. The van der Waals surface area contributed by atoms with Crippen molar-refractivity contribution in [3.05, 3.63) is 48.0 Å². The van der Waals surface area contributed by atoms with Crippen LogP contribution in [0.5, 0.6) is 17.2 Å². The van der Waals surface area contributed by atoms with Crippen LogP contribution in [0, 0.1) is 0 Å². The predicted molar refractivity (Wildman–Crippen MR) is 99.4 cm³/mol. The SMILES string of the molecule is COc1ccc(NC(=O)CCCOc2ccc(C(C)=O)cc2)c(OC)c1. The maximum Gasteiger partial charge on any atom is 0.224 e. The van der Waals surface area contributed by atoms with Gasteiger partial charge < -0.3 is 19.5 Å². The molecule has 6 nitrogen and oxygen atoms in total. The number of carbonyl (C=O) groups excluding carboxylic acids is 2. The second kappa shape index (κ2) is 9.46. The van der Waals surface area contributed by atoms with Crippen molar-refractivity contribution in [3.63, 3.8) is 0 Å². The summed E-state index contributed by atoms with van der Waals surface area (Å²) in [6.45, 7) is 1.93. The van der Waals surface area contributed by atoms with Gasteiger partial charge in [0.25, 0.3) is 0 Å². The highest BCUT2D eigenvalue weighted by atomic mass is 16.5. The van der Waals surface area contributed by atoms with Gasteiger partial charge in [-0.3, -0.25) is 9.59 Å². The summed E-state index contributed by atoms with van der Waals surface area (Å²) < 4.78 is 16.0. The number of anilines is 1. The molecule has 6 heteroatoms. The number of ether oxygens (including phenoxy) is 3. The van der Waals surface area contributed by atoms with E-state index in [1.165, 1.54) is 14.0 Å². The highest BCUT2D eigenvalue weighted by Gasteiger charge is 2.09. The van der Waals surface area contributed by atoms with Crippen LogP contribution in [-0.2, 0) is 4.79 Å². The van der Waals surface area contributed by atoms with Crippen LogP contribution < -0.4 is 19.5 Å². The molecule has 1 N–H and O–H groups in total. The van der Waals surface area contributed by atoms with E-state index in [2.05, 4.69) is 5.32 Å². The van der Waals surface area contributed by atoms with E-state index in [-0.39, 0.29) is 11.7 Å². The summed E-state index contributed by atoms with van der Waals surface area (Å²) in [7, 11) is 3.11. The molecule has 0 heterocycles. The highest BCUT2D eigenvalue weighted by Crippen LogP contribution is 2.29. The lowest BCUT2D eigenvalue weighted by Crippen LogP contribution is -2.13. The van der Waals surface area contributed by atoms with Crippen molar-refractivity contribution in [2.24, 2.45) is 0 Å². The monoisotopic (exact) mass is 357 g/mol. The summed E-state index contributed by atoms with van der Waals surface area (Å²) in [5, 5.41) is 2.82. The maximum absolute atomic E-state index is 12.1. The van der Waals surface area contributed by atoms with Gasteiger partial charge in [-0.1, -0.05) is 0 Å². The molecule has 0 aliphatic carbocycles. The third kappa shape index (κ3) is 5.51. The molecule has 0 aliphatic rings. The smallest absolute Gasteiger partial charge is 0.224 e. The van der Waals surface area contributed by atoms with Gasteiger partial charge in [-0.15, -0.1) is 0 Å². The van der Waals surface area contributed by atoms with Crippen LogP contribution in [0.4, 0.5) is 5.69 Å². The molecular formula is C20H23NO5. The Morgan fingerprint density at radius 2 is 1.65 bits per heavy atom. The van der Waals surface area contributed by atoms with Crippen LogP contribution in [0.15, 0.2) is 42.5 Å². The summed E-state index contributed by atoms with van der Waals surface area (Å²) in [6.07, 6.45) is 0.888. The Bertz CT molecular complexity index is 755. The lowest BCUT2D eigenvalue weighted by Gasteiger charge is -2.12. The van der Waals surface area contributed by atoms with Gasteiger partial charge in [-0.25, -0.2) is 0 Å². The molecule has 0 aliphatic heterocycles. The number of rotatable bonds is 9. The van der Waals surface area contributed by atoms with E-state index < -0.39 is 0 Å². The van der Waals surface area contributed by atoms with Crippen LogP contribution in [0.1, 0.15) is 30.1 Å². The second-order valence-electron chi connectivity index (χ2n) is 5.65. The van der Waals surface area contributed by atoms with E-state index >= 15 is 0 Å². The average molecular weight is 357 g/mol. The van der Waals surface area contributed by atoms with Crippen LogP contribution >= 0.6 is 0 Å². The molecule has 0 saturated heterocycles. The van der Waals surface area contributed by atoms with Crippen molar-refractivity contribution in [1.82, 2.24) is 0 Å². The zero-order valence-corrected chi connectivity index (χ0v) is 15.2. The maximum atomic E-state index is 12.1. The molecule has 0 spiro atoms. The van der Waals surface area contributed by atoms with Gasteiger partial charge in [0, 0.05) is 18.1 Å². The van der Waals surface area contributed by atoms with E-state index in [9.17, 15) is 9.59 Å². The average Bonchev–Trinajstić information content (AvgIpc) is 2.66. The van der Waals surface area contributed by atoms with Crippen LogP contribution in [0.2, 0.25) is 0 Å². The molecule has 2 aromatic rings. The molecule has 0 aromatic heterocycles. The number of carbonyl (C=O) groups is 2. The van der Waals surface area contributed by atoms with Gasteiger partial charge in [0.15, 0.2) is 5.78 Å². The van der Waals surface area contributed by atoms with Gasteiger partial charge >= 0.3 is 0 Å². The van der Waals surface area contributed by atoms with Crippen molar-refractivity contribution < 1.29 is 23.8 Å². The molecule has 2 rings (SSSR count). The second-order valence-corrected chi connectivity index (χ2v) is 5.65. The summed E-state index contributed by atoms with van der Waals surface area (Å²) >= 11 is 0. The topological polar surface area (TPSA) is 73.9 Å². The first-order valence-corrected chi connectivity index (χ1v) is 8.29. The normalized spacial score (nSPS) is 10.1. The Morgan fingerprint density at radius 1 is 0.962 bits per heavy atom. The zero-order valence-electron chi connectivity index (χ0n) is 15.2. The molecule has 0 saturated carbocycles. The van der Waals surface area contributed by atoms with Crippen molar-refractivity contribution in [3.8, 4) is 17.2 Å². The zero-order chi connectivity index (χ0) is 18.9. The van der Waals surface area contributed by atoms with Gasteiger partial charge in [0.2, 0.25) is 5.91 Å². The summed E-state index contributed by atoms with van der Waals surface area (Å²) in [6, 6.07) is 12.1. The fourth-order valence-electron chi connectivity index (χ4n) is 2.32. The minimum absolute atomic E-state index is 0.0159. The number of Topliss-reactive ketones (excluding diaryl/α,β-unsaturated/α-hetero) is 1. The van der Waals surface area contributed by atoms with Gasteiger partial charge in [0.1, 0.15) is 17.2 Å². The quantitative estimate of drug-likeness (QED) is 0.547. The van der Waals surface area contributed by atoms with Gasteiger partial charge in [-0.05, 0) is 49.7 Å². The van der Waals surface area contributed by atoms with Crippen molar-refractivity contribution >= 4 is 17.4 Å². The number of nitrogens with one attached hydrogen (secondary N) is 1. The Kier molecular flexibility index (Phi) is 7.02. The fourth-order valence-corrected chi connectivity index (χ4v) is 2.32. The molecule has 0 bridgehead atoms. The number of benzene rings is 2. The molecular weight excluding hydrogens is 334 g/mol. The van der Waals surface area contributed by atoms with E-state index in [0.29, 0.717) is 47.9 Å². The summed E-state index contributed by atoms with van der Waals surface area (Å²) in [5.74, 6) is 1.77. The molecule has 0 atom stereocenters. The number of hydrogen-bond acceptors (Lipinski definition) is 5. The van der Waals surface area contributed by atoms with Gasteiger partial charge in [-0.2, -0.15) is 0 Å². The number of ketones is 1. The Hall–Kier alpha value is -3.02.